The number of amides is 1. The van der Waals surface area contributed by atoms with Gasteiger partial charge in [0.1, 0.15) is 5.69 Å². The molecule has 0 spiro atoms. The van der Waals surface area contributed by atoms with Gasteiger partial charge >= 0.3 is 5.97 Å². The third kappa shape index (κ3) is 4.18. The molecule has 23 heavy (non-hydrogen) atoms. The molecule has 1 aromatic carbocycles. The zero-order valence-electron chi connectivity index (χ0n) is 13.0. The van der Waals surface area contributed by atoms with Crippen LogP contribution in [0.4, 0.5) is 11.4 Å². The number of aliphatic carboxylic acids is 1. The third-order valence-corrected chi connectivity index (χ3v) is 3.73. The van der Waals surface area contributed by atoms with E-state index < -0.39 is 16.8 Å². The summed E-state index contributed by atoms with van der Waals surface area (Å²) in [6, 6.07) is 4.39. The number of benzene rings is 1. The number of hydrogen-bond acceptors (Lipinski definition) is 5. The predicted molar refractivity (Wildman–Crippen MR) is 83.7 cm³/mol. The molecule has 1 amide bonds. The standard InChI is InChI=1S/C15H19N3O5/c1-9(15(20)21)8-17(2)12-6-3-10(7-13(12)18(22)23)14(19)16-11-4-5-11/h3,6-7,9,11H,4-5,8H2,1-2H3,(H,16,19)(H,20,21). The molecule has 0 aliphatic heterocycles. The van der Waals surface area contributed by atoms with E-state index in [-0.39, 0.29) is 35.4 Å². The first-order valence-corrected chi connectivity index (χ1v) is 7.33. The van der Waals surface area contributed by atoms with E-state index in [1.165, 1.54) is 30.0 Å². The number of hydrogen-bond donors (Lipinski definition) is 2. The first-order chi connectivity index (χ1) is 10.8. The average Bonchev–Trinajstić information content (AvgIpc) is 3.30. The van der Waals surface area contributed by atoms with Crippen LogP contribution in [0, 0.1) is 16.0 Å². The van der Waals surface area contributed by atoms with Crippen LogP contribution in [0.1, 0.15) is 30.1 Å². The Kier molecular flexibility index (Phi) is 4.83. The van der Waals surface area contributed by atoms with Crippen molar-refractivity contribution in [2.24, 2.45) is 5.92 Å². The Balaban J connectivity index is 2.23. The molecule has 2 N–H and O–H groups in total. The zero-order chi connectivity index (χ0) is 17.1. The second kappa shape index (κ2) is 6.64. The molecule has 8 nitrogen and oxygen atoms in total. The van der Waals surface area contributed by atoms with Gasteiger partial charge in [-0.2, -0.15) is 0 Å². The number of rotatable bonds is 7. The Bertz CT molecular complexity index is 642. The van der Waals surface area contributed by atoms with Crippen molar-refractivity contribution in [1.82, 2.24) is 5.32 Å². The van der Waals surface area contributed by atoms with Crippen molar-refractivity contribution in [3.63, 3.8) is 0 Å². The monoisotopic (exact) mass is 321 g/mol. The van der Waals surface area contributed by atoms with Gasteiger partial charge < -0.3 is 15.3 Å². The molecule has 1 atom stereocenters. The van der Waals surface area contributed by atoms with E-state index in [1.807, 2.05) is 0 Å². The minimum atomic E-state index is -0.972. The van der Waals surface area contributed by atoms with Crippen LogP contribution < -0.4 is 10.2 Å². The van der Waals surface area contributed by atoms with Gasteiger partial charge in [-0.15, -0.1) is 0 Å². The molecule has 0 bridgehead atoms. The van der Waals surface area contributed by atoms with Crippen LogP contribution >= 0.6 is 0 Å². The Labute approximate surface area is 133 Å². The summed E-state index contributed by atoms with van der Waals surface area (Å²) in [6.07, 6.45) is 1.86. The molecule has 1 saturated carbocycles. The number of carbonyl (C=O) groups is 2. The molecule has 124 valence electrons. The summed E-state index contributed by atoms with van der Waals surface area (Å²) in [4.78, 5) is 35.2. The molecule has 1 fully saturated rings. The Morgan fingerprint density at radius 2 is 2.13 bits per heavy atom. The number of nitrogens with zero attached hydrogens (tertiary/aromatic N) is 2. The molecule has 0 radical (unpaired) electrons. The van der Waals surface area contributed by atoms with Crippen LogP contribution in [0.15, 0.2) is 18.2 Å². The lowest BCUT2D eigenvalue weighted by atomic mass is 10.1. The Morgan fingerprint density at radius 3 is 2.65 bits per heavy atom. The molecule has 8 heteroatoms. The number of anilines is 1. The van der Waals surface area contributed by atoms with Gasteiger partial charge in [0.2, 0.25) is 0 Å². The van der Waals surface area contributed by atoms with Crippen LogP contribution in [0.5, 0.6) is 0 Å². The van der Waals surface area contributed by atoms with Gasteiger partial charge in [-0.25, -0.2) is 0 Å². The fraction of sp³-hybridized carbons (Fsp3) is 0.467. The SMILES string of the molecule is CC(CN(C)c1ccc(C(=O)NC2CC2)cc1[N+](=O)[O-])C(=O)O. The molecule has 0 saturated heterocycles. The molecule has 1 aliphatic rings. The number of carboxylic acid groups (broad SMARTS) is 1. The normalized spacial score (nSPS) is 14.9. The lowest BCUT2D eigenvalue weighted by molar-refractivity contribution is -0.384. The predicted octanol–water partition coefficient (Wildman–Crippen LogP) is 1.64. The van der Waals surface area contributed by atoms with Gasteiger partial charge in [-0.1, -0.05) is 6.92 Å². The van der Waals surface area contributed by atoms with E-state index >= 15 is 0 Å². The maximum absolute atomic E-state index is 12.0. The summed E-state index contributed by atoms with van der Waals surface area (Å²) < 4.78 is 0. The highest BCUT2D eigenvalue weighted by Crippen LogP contribution is 2.29. The highest BCUT2D eigenvalue weighted by atomic mass is 16.6. The minimum Gasteiger partial charge on any atom is -0.481 e. The summed E-state index contributed by atoms with van der Waals surface area (Å²) >= 11 is 0. The van der Waals surface area contributed by atoms with E-state index in [4.69, 9.17) is 5.11 Å². The smallest absolute Gasteiger partial charge is 0.308 e. The molecule has 2 rings (SSSR count). The quantitative estimate of drug-likeness (QED) is 0.583. The van der Waals surface area contributed by atoms with Gasteiger partial charge in [-0.3, -0.25) is 19.7 Å². The molecule has 0 heterocycles. The summed E-state index contributed by atoms with van der Waals surface area (Å²) in [5.41, 5.74) is 0.298. The number of nitrogens with one attached hydrogen (secondary N) is 1. The summed E-state index contributed by atoms with van der Waals surface area (Å²) in [6.45, 7) is 1.66. The van der Waals surface area contributed by atoms with Crippen molar-refractivity contribution in [3.8, 4) is 0 Å². The lowest BCUT2D eigenvalue weighted by Crippen LogP contribution is -2.29. The second-order valence-corrected chi connectivity index (χ2v) is 5.83. The van der Waals surface area contributed by atoms with Crippen molar-refractivity contribution in [2.45, 2.75) is 25.8 Å². The highest BCUT2D eigenvalue weighted by molar-refractivity contribution is 5.96. The molecule has 1 aliphatic carbocycles. The van der Waals surface area contributed by atoms with Crippen molar-refractivity contribution in [2.75, 3.05) is 18.5 Å². The fourth-order valence-electron chi connectivity index (χ4n) is 2.22. The molecular weight excluding hydrogens is 302 g/mol. The Hall–Kier alpha value is -2.64. The van der Waals surface area contributed by atoms with Crippen molar-refractivity contribution < 1.29 is 19.6 Å². The van der Waals surface area contributed by atoms with E-state index in [0.29, 0.717) is 0 Å². The first kappa shape index (κ1) is 16.7. The highest BCUT2D eigenvalue weighted by Gasteiger charge is 2.26. The van der Waals surface area contributed by atoms with Crippen molar-refractivity contribution in [3.05, 3.63) is 33.9 Å². The average molecular weight is 321 g/mol. The largest absolute Gasteiger partial charge is 0.481 e. The van der Waals surface area contributed by atoms with E-state index in [0.717, 1.165) is 12.8 Å². The summed E-state index contributed by atoms with van der Waals surface area (Å²) in [5.74, 6) is -1.97. The van der Waals surface area contributed by atoms with Crippen LogP contribution in [0.3, 0.4) is 0 Å². The number of carbonyl (C=O) groups excluding carboxylic acids is 1. The molecule has 0 aromatic heterocycles. The van der Waals surface area contributed by atoms with Gasteiger partial charge in [0.15, 0.2) is 0 Å². The maximum atomic E-state index is 12.0. The van der Waals surface area contributed by atoms with Crippen LogP contribution in [0.25, 0.3) is 0 Å². The van der Waals surface area contributed by atoms with Crippen LogP contribution in [-0.2, 0) is 4.79 Å². The number of carboxylic acids is 1. The van der Waals surface area contributed by atoms with Gasteiger partial charge in [0, 0.05) is 31.3 Å². The lowest BCUT2D eigenvalue weighted by Gasteiger charge is -2.21. The van der Waals surface area contributed by atoms with Gasteiger partial charge in [-0.05, 0) is 25.0 Å². The van der Waals surface area contributed by atoms with Crippen LogP contribution in [-0.4, -0.2) is 41.5 Å². The Morgan fingerprint density at radius 1 is 1.48 bits per heavy atom. The van der Waals surface area contributed by atoms with E-state index in [2.05, 4.69) is 5.32 Å². The van der Waals surface area contributed by atoms with E-state index in [1.54, 1.807) is 7.05 Å². The van der Waals surface area contributed by atoms with Gasteiger partial charge in [0.05, 0.1) is 10.8 Å². The zero-order valence-corrected chi connectivity index (χ0v) is 13.0. The third-order valence-electron chi connectivity index (χ3n) is 3.73. The van der Waals surface area contributed by atoms with E-state index in [9.17, 15) is 19.7 Å². The van der Waals surface area contributed by atoms with Crippen molar-refractivity contribution in [1.29, 1.82) is 0 Å². The first-order valence-electron chi connectivity index (χ1n) is 7.33. The fourth-order valence-corrected chi connectivity index (χ4v) is 2.22. The van der Waals surface area contributed by atoms with Gasteiger partial charge in [0.25, 0.3) is 11.6 Å². The minimum absolute atomic E-state index is 0.129. The maximum Gasteiger partial charge on any atom is 0.308 e. The topological polar surface area (TPSA) is 113 Å². The summed E-state index contributed by atoms with van der Waals surface area (Å²) in [5, 5.41) is 23.0. The molecule has 1 aromatic rings. The molecular formula is C15H19N3O5. The number of nitro groups is 1. The molecule has 1 unspecified atom stereocenters. The summed E-state index contributed by atoms with van der Waals surface area (Å²) in [7, 11) is 1.59. The van der Waals surface area contributed by atoms with Crippen LogP contribution in [0.2, 0.25) is 0 Å². The second-order valence-electron chi connectivity index (χ2n) is 5.83. The van der Waals surface area contributed by atoms with Crippen molar-refractivity contribution >= 4 is 23.3 Å². The number of nitro benzene ring substituents is 1.